The Bertz CT molecular complexity index is 931. The third-order valence-corrected chi connectivity index (χ3v) is 5.21. The molecule has 7 nitrogen and oxygen atoms in total. The summed E-state index contributed by atoms with van der Waals surface area (Å²) in [4.78, 5) is 23.6. The number of amides is 1. The highest BCUT2D eigenvalue weighted by Crippen LogP contribution is 2.27. The molecule has 4 rings (SSSR count). The van der Waals surface area contributed by atoms with Crippen LogP contribution in [0.25, 0.3) is 0 Å². The molecule has 1 fully saturated rings. The molecule has 0 spiro atoms. The van der Waals surface area contributed by atoms with Crippen LogP contribution in [-0.2, 0) is 6.54 Å². The van der Waals surface area contributed by atoms with Crippen LogP contribution >= 0.6 is 0 Å². The van der Waals surface area contributed by atoms with Gasteiger partial charge in [0.1, 0.15) is 11.6 Å². The van der Waals surface area contributed by atoms with E-state index < -0.39 is 0 Å². The van der Waals surface area contributed by atoms with E-state index in [9.17, 15) is 4.79 Å². The number of piperidine rings is 1. The van der Waals surface area contributed by atoms with Gasteiger partial charge < -0.3 is 14.0 Å². The van der Waals surface area contributed by atoms with Crippen molar-refractivity contribution in [2.45, 2.75) is 45.1 Å². The van der Waals surface area contributed by atoms with Crippen molar-refractivity contribution < 1.29 is 9.32 Å². The smallest absolute Gasteiger partial charge is 0.276 e. The second-order valence-electron chi connectivity index (χ2n) is 7.63. The summed E-state index contributed by atoms with van der Waals surface area (Å²) in [6.07, 6.45) is 9.44. The Hall–Kier alpha value is -2.96. The number of aromatic nitrogens is 4. The SMILES string of the molecule is CC(C)c1cc(C(=O)N2CCCC(c3nccn3Cc3cccnc3)C2)no1. The zero-order valence-corrected chi connectivity index (χ0v) is 16.3. The average molecular weight is 379 g/mol. The molecule has 0 radical (unpaired) electrons. The molecular weight excluding hydrogens is 354 g/mol. The second-order valence-corrected chi connectivity index (χ2v) is 7.63. The van der Waals surface area contributed by atoms with Crippen molar-refractivity contribution in [1.29, 1.82) is 0 Å². The zero-order chi connectivity index (χ0) is 19.5. The molecule has 0 aromatic carbocycles. The number of hydrogen-bond donors (Lipinski definition) is 0. The van der Waals surface area contributed by atoms with Crippen molar-refractivity contribution in [1.82, 2.24) is 24.6 Å². The van der Waals surface area contributed by atoms with Gasteiger partial charge in [-0.05, 0) is 24.5 Å². The maximum atomic E-state index is 12.9. The first-order chi connectivity index (χ1) is 13.6. The maximum Gasteiger partial charge on any atom is 0.276 e. The van der Waals surface area contributed by atoms with Crippen LogP contribution in [0.1, 0.15) is 66.2 Å². The molecule has 1 atom stereocenters. The van der Waals surface area contributed by atoms with Gasteiger partial charge in [-0.15, -0.1) is 0 Å². The predicted octanol–water partition coefficient (Wildman–Crippen LogP) is 3.46. The number of imidazole rings is 1. The third kappa shape index (κ3) is 3.83. The van der Waals surface area contributed by atoms with E-state index in [0.717, 1.165) is 43.1 Å². The van der Waals surface area contributed by atoms with E-state index in [2.05, 4.69) is 25.8 Å². The summed E-state index contributed by atoms with van der Waals surface area (Å²) < 4.78 is 7.46. The summed E-state index contributed by atoms with van der Waals surface area (Å²) in [6, 6.07) is 5.76. The molecule has 1 saturated heterocycles. The lowest BCUT2D eigenvalue weighted by atomic mass is 9.96. The molecule has 146 valence electrons. The predicted molar refractivity (Wildman–Crippen MR) is 104 cm³/mol. The molecule has 0 saturated carbocycles. The molecule has 1 aliphatic heterocycles. The van der Waals surface area contributed by atoms with Crippen LogP contribution in [0.5, 0.6) is 0 Å². The largest absolute Gasteiger partial charge is 0.360 e. The van der Waals surface area contributed by atoms with E-state index in [-0.39, 0.29) is 17.7 Å². The van der Waals surface area contributed by atoms with Gasteiger partial charge in [-0.2, -0.15) is 0 Å². The van der Waals surface area contributed by atoms with Crippen LogP contribution in [0.15, 0.2) is 47.5 Å². The van der Waals surface area contributed by atoms with E-state index in [4.69, 9.17) is 4.52 Å². The van der Waals surface area contributed by atoms with Gasteiger partial charge in [-0.1, -0.05) is 25.1 Å². The number of rotatable bonds is 5. The lowest BCUT2D eigenvalue weighted by Gasteiger charge is -2.32. The minimum Gasteiger partial charge on any atom is -0.360 e. The van der Waals surface area contributed by atoms with E-state index in [1.807, 2.05) is 43.4 Å². The van der Waals surface area contributed by atoms with Gasteiger partial charge >= 0.3 is 0 Å². The number of pyridine rings is 1. The molecule has 0 N–H and O–H groups in total. The highest BCUT2D eigenvalue weighted by atomic mass is 16.5. The van der Waals surface area contributed by atoms with Crippen LogP contribution in [-0.4, -0.2) is 43.6 Å². The fourth-order valence-corrected chi connectivity index (χ4v) is 3.70. The van der Waals surface area contributed by atoms with Crippen molar-refractivity contribution in [3.05, 3.63) is 65.8 Å². The molecule has 4 heterocycles. The number of carbonyl (C=O) groups excluding carboxylic acids is 1. The first kappa shape index (κ1) is 18.4. The van der Waals surface area contributed by atoms with E-state index >= 15 is 0 Å². The summed E-state index contributed by atoms with van der Waals surface area (Å²) in [5.74, 6) is 2.11. The van der Waals surface area contributed by atoms with Crippen molar-refractivity contribution in [3.8, 4) is 0 Å². The van der Waals surface area contributed by atoms with Gasteiger partial charge in [-0.25, -0.2) is 4.98 Å². The van der Waals surface area contributed by atoms with Crippen LogP contribution in [0.3, 0.4) is 0 Å². The number of likely N-dealkylation sites (tertiary alicyclic amines) is 1. The molecule has 28 heavy (non-hydrogen) atoms. The Kier molecular flexibility index (Phi) is 5.23. The Morgan fingerprint density at radius 2 is 2.25 bits per heavy atom. The Labute approximate surface area is 164 Å². The van der Waals surface area contributed by atoms with Crippen LogP contribution in [0.4, 0.5) is 0 Å². The summed E-state index contributed by atoms with van der Waals surface area (Å²) in [7, 11) is 0. The molecule has 3 aromatic rings. The second kappa shape index (κ2) is 7.96. The lowest BCUT2D eigenvalue weighted by molar-refractivity contribution is 0.0692. The fourth-order valence-electron chi connectivity index (χ4n) is 3.70. The molecule has 1 amide bonds. The molecule has 1 unspecified atom stereocenters. The van der Waals surface area contributed by atoms with Crippen LogP contribution in [0.2, 0.25) is 0 Å². The van der Waals surface area contributed by atoms with E-state index in [1.165, 1.54) is 0 Å². The van der Waals surface area contributed by atoms with E-state index in [0.29, 0.717) is 12.2 Å². The summed E-state index contributed by atoms with van der Waals surface area (Å²) >= 11 is 0. The number of carbonyl (C=O) groups is 1. The molecule has 3 aromatic heterocycles. The van der Waals surface area contributed by atoms with E-state index in [1.54, 1.807) is 12.3 Å². The molecule has 0 bridgehead atoms. The van der Waals surface area contributed by atoms with Gasteiger partial charge in [0.15, 0.2) is 5.69 Å². The fraction of sp³-hybridized carbons (Fsp3) is 0.429. The zero-order valence-electron chi connectivity index (χ0n) is 16.3. The minimum absolute atomic E-state index is 0.0642. The minimum atomic E-state index is -0.0642. The summed E-state index contributed by atoms with van der Waals surface area (Å²) in [6.45, 7) is 6.16. The molecule has 0 aliphatic carbocycles. The van der Waals surface area contributed by atoms with Gasteiger partial charge in [0.25, 0.3) is 5.91 Å². The summed E-state index contributed by atoms with van der Waals surface area (Å²) in [5, 5.41) is 3.98. The Balaban J connectivity index is 1.48. The van der Waals surface area contributed by atoms with Crippen LogP contribution < -0.4 is 0 Å². The van der Waals surface area contributed by atoms with Gasteiger partial charge in [-0.3, -0.25) is 9.78 Å². The quantitative estimate of drug-likeness (QED) is 0.678. The Morgan fingerprint density at radius 3 is 3.00 bits per heavy atom. The number of hydrogen-bond acceptors (Lipinski definition) is 5. The van der Waals surface area contributed by atoms with Crippen molar-refractivity contribution in [2.24, 2.45) is 0 Å². The Morgan fingerprint density at radius 1 is 1.36 bits per heavy atom. The third-order valence-electron chi connectivity index (χ3n) is 5.21. The normalized spacial score (nSPS) is 17.2. The molecule has 1 aliphatic rings. The van der Waals surface area contributed by atoms with Crippen molar-refractivity contribution in [2.75, 3.05) is 13.1 Å². The van der Waals surface area contributed by atoms with Crippen LogP contribution in [0, 0.1) is 0 Å². The number of nitrogens with zero attached hydrogens (tertiary/aromatic N) is 5. The van der Waals surface area contributed by atoms with Gasteiger partial charge in [0.2, 0.25) is 0 Å². The average Bonchev–Trinajstić information content (AvgIpc) is 3.38. The lowest BCUT2D eigenvalue weighted by Crippen LogP contribution is -2.40. The molecular formula is C21H25N5O2. The highest BCUT2D eigenvalue weighted by Gasteiger charge is 2.29. The first-order valence-corrected chi connectivity index (χ1v) is 9.77. The monoisotopic (exact) mass is 379 g/mol. The standard InChI is InChI=1S/C21H25N5O2/c1-15(2)19-11-18(24-28-19)21(27)26-9-4-6-17(14-26)20-23-8-10-25(20)13-16-5-3-7-22-12-16/h3,5,7-8,10-12,15,17H,4,6,9,13-14H2,1-2H3. The van der Waals surface area contributed by atoms with Crippen molar-refractivity contribution in [3.63, 3.8) is 0 Å². The first-order valence-electron chi connectivity index (χ1n) is 9.77. The van der Waals surface area contributed by atoms with Gasteiger partial charge in [0.05, 0.1) is 6.54 Å². The summed E-state index contributed by atoms with van der Waals surface area (Å²) in [5.41, 5.74) is 1.53. The molecule has 7 heteroatoms. The highest BCUT2D eigenvalue weighted by molar-refractivity contribution is 5.92. The van der Waals surface area contributed by atoms with Gasteiger partial charge in [0, 0.05) is 55.8 Å². The van der Waals surface area contributed by atoms with Crippen molar-refractivity contribution >= 4 is 5.91 Å². The topological polar surface area (TPSA) is 77.1 Å². The maximum absolute atomic E-state index is 12.9.